The second-order valence-corrected chi connectivity index (χ2v) is 7.56. The van der Waals surface area contributed by atoms with Crippen molar-refractivity contribution in [2.75, 3.05) is 6.54 Å². The Kier molecular flexibility index (Phi) is 2.79. The fourth-order valence-electron chi connectivity index (χ4n) is 5.95. The van der Waals surface area contributed by atoms with Crippen LogP contribution in [0.3, 0.4) is 0 Å². The van der Waals surface area contributed by atoms with E-state index in [1.54, 1.807) is 0 Å². The molecule has 0 spiro atoms. The van der Waals surface area contributed by atoms with E-state index in [-0.39, 0.29) is 0 Å². The molecule has 98 valence electrons. The van der Waals surface area contributed by atoms with Crippen molar-refractivity contribution in [3.05, 3.63) is 0 Å². The number of hydrogen-bond acceptors (Lipinski definition) is 0. The van der Waals surface area contributed by atoms with Gasteiger partial charge < -0.3 is 11.5 Å². The first-order chi connectivity index (χ1) is 8.11. The second kappa shape index (κ2) is 3.96. The van der Waals surface area contributed by atoms with E-state index in [9.17, 15) is 0 Å². The Bertz CT molecular complexity index is 285. The molecule has 4 aliphatic rings. The highest BCUT2D eigenvalue weighted by molar-refractivity contribution is 5.09. The average Bonchev–Trinajstić information content (AvgIpc) is 2.27. The molecule has 0 saturated heterocycles. The van der Waals surface area contributed by atoms with Crippen LogP contribution in [0.1, 0.15) is 58.3 Å². The normalized spacial score (nSPS) is 49.6. The van der Waals surface area contributed by atoms with Gasteiger partial charge in [0.2, 0.25) is 0 Å². The first-order valence-corrected chi connectivity index (χ1v) is 7.74. The monoisotopic (exact) mass is 238 g/mol. The predicted octanol–water partition coefficient (Wildman–Crippen LogP) is 1.23. The van der Waals surface area contributed by atoms with Gasteiger partial charge in [0.25, 0.3) is 0 Å². The third-order valence-corrected chi connectivity index (χ3v) is 6.26. The van der Waals surface area contributed by atoms with Gasteiger partial charge in [0.05, 0.1) is 12.6 Å². The number of quaternary nitrogens is 2. The Hall–Kier alpha value is -0.0800. The Morgan fingerprint density at radius 1 is 1.18 bits per heavy atom. The van der Waals surface area contributed by atoms with E-state index in [1.165, 1.54) is 57.9 Å². The summed E-state index contributed by atoms with van der Waals surface area (Å²) in [6.07, 6.45) is 11.6. The molecule has 0 aromatic rings. The quantitative estimate of drug-likeness (QED) is 0.740. The van der Waals surface area contributed by atoms with Crippen LogP contribution < -0.4 is 11.5 Å². The highest BCUT2D eigenvalue weighted by Crippen LogP contribution is 2.65. The first kappa shape index (κ1) is 12.0. The molecule has 17 heavy (non-hydrogen) atoms. The van der Waals surface area contributed by atoms with Crippen molar-refractivity contribution in [2.45, 2.75) is 64.3 Å². The molecule has 0 aliphatic heterocycles. The molecule has 0 amide bonds. The van der Waals surface area contributed by atoms with Crippen LogP contribution in [0.4, 0.5) is 0 Å². The fourth-order valence-corrected chi connectivity index (χ4v) is 5.95. The largest absolute Gasteiger partial charge is 0.357 e. The Morgan fingerprint density at radius 2 is 1.82 bits per heavy atom. The standard InChI is InChI=1S/C15H28N2/c1-2-3-13(17)15-7-11-4-12(8-15)6-14(5-11,9-15)10-16/h11-13H,2-10,16-17H2,1H3/p+2/t11-,12-,13+,14?,15?/m1/s1. The predicted molar refractivity (Wildman–Crippen MR) is 68.9 cm³/mol. The zero-order valence-electron chi connectivity index (χ0n) is 11.5. The highest BCUT2D eigenvalue weighted by Gasteiger charge is 2.60. The highest BCUT2D eigenvalue weighted by atomic mass is 14.8. The molecular weight excluding hydrogens is 208 g/mol. The minimum Gasteiger partial charge on any atom is -0.357 e. The summed E-state index contributed by atoms with van der Waals surface area (Å²) in [5.41, 5.74) is 10.1. The second-order valence-electron chi connectivity index (χ2n) is 7.56. The Balaban J connectivity index is 1.87. The smallest absolute Gasteiger partial charge is 0.0900 e. The topological polar surface area (TPSA) is 55.3 Å². The molecular formula is C15H30N2+2. The lowest BCUT2D eigenvalue weighted by atomic mass is 9.42. The molecule has 2 nitrogen and oxygen atoms in total. The summed E-state index contributed by atoms with van der Waals surface area (Å²) < 4.78 is 0. The molecule has 4 aliphatic carbocycles. The maximum Gasteiger partial charge on any atom is 0.0900 e. The molecule has 0 radical (unpaired) electrons. The van der Waals surface area contributed by atoms with E-state index < -0.39 is 0 Å². The van der Waals surface area contributed by atoms with Crippen LogP contribution in [0.25, 0.3) is 0 Å². The van der Waals surface area contributed by atoms with Crippen molar-refractivity contribution in [3.63, 3.8) is 0 Å². The van der Waals surface area contributed by atoms with Gasteiger partial charge in [-0.05, 0) is 56.8 Å². The first-order valence-electron chi connectivity index (χ1n) is 7.74. The number of hydrogen-bond donors (Lipinski definition) is 2. The van der Waals surface area contributed by atoms with Crippen LogP contribution in [0.15, 0.2) is 0 Å². The van der Waals surface area contributed by atoms with Crippen LogP contribution in [0.2, 0.25) is 0 Å². The van der Waals surface area contributed by atoms with Crippen molar-refractivity contribution < 1.29 is 11.5 Å². The van der Waals surface area contributed by atoms with Crippen molar-refractivity contribution in [3.8, 4) is 0 Å². The summed E-state index contributed by atoms with van der Waals surface area (Å²) >= 11 is 0. The summed E-state index contributed by atoms with van der Waals surface area (Å²) in [6, 6.07) is 0.712. The maximum absolute atomic E-state index is 4.56. The van der Waals surface area contributed by atoms with E-state index >= 15 is 0 Å². The molecule has 0 heterocycles. The van der Waals surface area contributed by atoms with Gasteiger partial charge in [-0.3, -0.25) is 0 Å². The zero-order chi connectivity index (χ0) is 12.1. The lowest BCUT2D eigenvalue weighted by molar-refractivity contribution is -0.468. The van der Waals surface area contributed by atoms with Crippen LogP contribution in [-0.4, -0.2) is 12.6 Å². The third-order valence-electron chi connectivity index (χ3n) is 6.26. The van der Waals surface area contributed by atoms with E-state index in [0.717, 1.165) is 11.8 Å². The minimum absolute atomic E-state index is 0.623. The van der Waals surface area contributed by atoms with Crippen molar-refractivity contribution >= 4 is 0 Å². The van der Waals surface area contributed by atoms with E-state index in [0.29, 0.717) is 16.9 Å². The van der Waals surface area contributed by atoms with Gasteiger partial charge in [0.1, 0.15) is 0 Å². The molecule has 2 heteroatoms. The van der Waals surface area contributed by atoms with E-state index in [4.69, 9.17) is 0 Å². The third kappa shape index (κ3) is 1.76. The summed E-state index contributed by atoms with van der Waals surface area (Å²) in [5, 5.41) is 0. The SMILES string of the molecule is CCC[C@H]([NH3+])C12C[C@@H]3C[C@H](CC(C[NH3+])(C3)C1)C2. The minimum atomic E-state index is 0.623. The van der Waals surface area contributed by atoms with Gasteiger partial charge >= 0.3 is 0 Å². The molecule has 0 unspecified atom stereocenters. The van der Waals surface area contributed by atoms with Crippen LogP contribution in [-0.2, 0) is 0 Å². The number of rotatable bonds is 4. The van der Waals surface area contributed by atoms with Gasteiger partial charge in [-0.15, -0.1) is 0 Å². The summed E-state index contributed by atoms with van der Waals surface area (Å²) in [4.78, 5) is 0. The fraction of sp³-hybridized carbons (Fsp3) is 1.00. The maximum atomic E-state index is 4.56. The van der Waals surface area contributed by atoms with Gasteiger partial charge in [-0.2, -0.15) is 0 Å². The molecule has 6 N–H and O–H groups in total. The molecule has 3 atom stereocenters. The van der Waals surface area contributed by atoms with Crippen molar-refractivity contribution in [2.24, 2.45) is 22.7 Å². The molecule has 4 saturated carbocycles. The van der Waals surface area contributed by atoms with Gasteiger partial charge in [0, 0.05) is 10.8 Å². The van der Waals surface area contributed by atoms with E-state index in [2.05, 4.69) is 18.4 Å². The van der Waals surface area contributed by atoms with Crippen LogP contribution in [0.5, 0.6) is 0 Å². The average molecular weight is 238 g/mol. The summed E-state index contributed by atoms with van der Waals surface area (Å²) in [7, 11) is 0. The van der Waals surface area contributed by atoms with Crippen LogP contribution >= 0.6 is 0 Å². The Morgan fingerprint density at radius 3 is 2.35 bits per heavy atom. The molecule has 4 bridgehead atoms. The zero-order valence-corrected chi connectivity index (χ0v) is 11.5. The molecule has 4 rings (SSSR count). The molecule has 4 fully saturated rings. The Labute approximate surface area is 106 Å². The van der Waals surface area contributed by atoms with Gasteiger partial charge in [0.15, 0.2) is 0 Å². The van der Waals surface area contributed by atoms with Gasteiger partial charge in [-0.1, -0.05) is 13.3 Å². The summed E-state index contributed by atoms with van der Waals surface area (Å²) in [6.45, 7) is 3.50. The lowest BCUT2D eigenvalue weighted by Gasteiger charge is -2.62. The van der Waals surface area contributed by atoms with Crippen molar-refractivity contribution in [1.82, 2.24) is 0 Å². The summed E-state index contributed by atoms with van der Waals surface area (Å²) in [5.74, 6) is 2.05. The van der Waals surface area contributed by atoms with E-state index in [1.807, 2.05) is 0 Å². The van der Waals surface area contributed by atoms with Crippen molar-refractivity contribution in [1.29, 1.82) is 0 Å². The molecule has 0 aromatic carbocycles. The van der Waals surface area contributed by atoms with Gasteiger partial charge in [-0.25, -0.2) is 0 Å². The lowest BCUT2D eigenvalue weighted by Crippen LogP contribution is -2.74. The van der Waals surface area contributed by atoms with Crippen LogP contribution in [0, 0.1) is 22.7 Å². The molecule has 0 aromatic heterocycles.